The molecule has 2 heterocycles. The molecule has 0 radical (unpaired) electrons. The van der Waals surface area contributed by atoms with E-state index in [9.17, 15) is 0 Å². The fourth-order valence-electron chi connectivity index (χ4n) is 1.79. The number of nitrogens with one attached hydrogen (secondary N) is 1. The van der Waals surface area contributed by atoms with E-state index in [1.807, 2.05) is 37.3 Å². The summed E-state index contributed by atoms with van der Waals surface area (Å²) < 4.78 is 7.09. The number of para-hydroxylation sites is 1. The SMILES string of the molecule is Cc1[nH]c(-c2cc3ccccc3o2)nc(=S)c1Br. The molecule has 1 N–H and O–H groups in total. The lowest BCUT2D eigenvalue weighted by atomic mass is 10.2. The van der Waals surface area contributed by atoms with Gasteiger partial charge in [0, 0.05) is 11.1 Å². The molecule has 0 saturated carbocycles. The Kier molecular flexibility index (Phi) is 2.80. The summed E-state index contributed by atoms with van der Waals surface area (Å²) >= 11 is 8.58. The van der Waals surface area contributed by atoms with Crippen molar-refractivity contribution in [1.82, 2.24) is 9.97 Å². The molecule has 0 aliphatic carbocycles. The molecule has 3 rings (SSSR count). The van der Waals surface area contributed by atoms with E-state index in [-0.39, 0.29) is 0 Å². The predicted molar refractivity (Wildman–Crippen MR) is 77.1 cm³/mol. The number of furan rings is 1. The molecule has 0 fully saturated rings. The van der Waals surface area contributed by atoms with Gasteiger partial charge in [-0.1, -0.05) is 30.4 Å². The third-order valence-corrected chi connectivity index (χ3v) is 4.22. The monoisotopic (exact) mass is 320 g/mol. The first-order valence-electron chi connectivity index (χ1n) is 5.40. The van der Waals surface area contributed by atoms with Crippen LogP contribution in [0.4, 0.5) is 0 Å². The van der Waals surface area contributed by atoms with E-state index in [1.165, 1.54) is 0 Å². The lowest BCUT2D eigenvalue weighted by Crippen LogP contribution is -1.92. The molecule has 18 heavy (non-hydrogen) atoms. The van der Waals surface area contributed by atoms with Crippen LogP contribution in [0.5, 0.6) is 0 Å². The van der Waals surface area contributed by atoms with Gasteiger partial charge in [0.2, 0.25) is 0 Å². The Bertz CT molecular complexity index is 758. The molecule has 0 saturated heterocycles. The number of H-pyrrole nitrogens is 1. The van der Waals surface area contributed by atoms with Gasteiger partial charge < -0.3 is 9.40 Å². The number of hydrogen-bond donors (Lipinski definition) is 1. The molecule has 3 aromatic rings. The molecule has 1 aromatic carbocycles. The van der Waals surface area contributed by atoms with Gasteiger partial charge in [-0.3, -0.25) is 0 Å². The molecule has 2 aromatic heterocycles. The van der Waals surface area contributed by atoms with Crippen LogP contribution in [0.25, 0.3) is 22.6 Å². The van der Waals surface area contributed by atoms with E-state index in [2.05, 4.69) is 25.9 Å². The number of halogens is 1. The molecule has 90 valence electrons. The first kappa shape index (κ1) is 11.6. The zero-order valence-electron chi connectivity index (χ0n) is 9.53. The van der Waals surface area contributed by atoms with Crippen molar-refractivity contribution < 1.29 is 4.42 Å². The fraction of sp³-hybridized carbons (Fsp3) is 0.0769. The summed E-state index contributed by atoms with van der Waals surface area (Å²) in [6, 6.07) is 9.81. The van der Waals surface area contributed by atoms with E-state index < -0.39 is 0 Å². The van der Waals surface area contributed by atoms with Crippen molar-refractivity contribution in [1.29, 1.82) is 0 Å². The van der Waals surface area contributed by atoms with Gasteiger partial charge in [-0.25, -0.2) is 4.98 Å². The van der Waals surface area contributed by atoms with Crippen molar-refractivity contribution in [3.8, 4) is 11.6 Å². The lowest BCUT2D eigenvalue weighted by molar-refractivity contribution is 0.624. The molecule has 0 aliphatic rings. The quantitative estimate of drug-likeness (QED) is 0.665. The molecular formula is C13H9BrN2OS. The average Bonchev–Trinajstić information content (AvgIpc) is 2.79. The second-order valence-corrected chi connectivity index (χ2v) is 5.16. The zero-order chi connectivity index (χ0) is 12.7. The van der Waals surface area contributed by atoms with Crippen LogP contribution in [0.15, 0.2) is 39.2 Å². The van der Waals surface area contributed by atoms with Gasteiger partial charge in [0.15, 0.2) is 11.6 Å². The number of aromatic amines is 1. The van der Waals surface area contributed by atoms with Crippen LogP contribution >= 0.6 is 28.1 Å². The summed E-state index contributed by atoms with van der Waals surface area (Å²) in [6.07, 6.45) is 0. The van der Waals surface area contributed by atoms with Crippen molar-refractivity contribution in [2.75, 3.05) is 0 Å². The summed E-state index contributed by atoms with van der Waals surface area (Å²) in [5, 5.41) is 1.05. The standard InChI is InChI=1S/C13H9BrN2OS/c1-7-11(14)13(18)16-12(15-7)10-6-8-4-2-3-5-9(8)17-10/h2-6H,1H3,(H,15,16,18). The minimum absolute atomic E-state index is 0.529. The summed E-state index contributed by atoms with van der Waals surface area (Å²) in [5.41, 5.74) is 1.78. The number of nitrogens with zero attached hydrogens (tertiary/aromatic N) is 1. The van der Waals surface area contributed by atoms with Gasteiger partial charge >= 0.3 is 0 Å². The zero-order valence-corrected chi connectivity index (χ0v) is 11.9. The minimum Gasteiger partial charge on any atom is -0.453 e. The van der Waals surface area contributed by atoms with Crippen LogP contribution in [0, 0.1) is 11.6 Å². The number of fused-ring (bicyclic) bond motifs is 1. The number of aryl methyl sites for hydroxylation is 1. The maximum Gasteiger partial charge on any atom is 0.175 e. The molecule has 0 aliphatic heterocycles. The van der Waals surface area contributed by atoms with Gasteiger partial charge in [0.25, 0.3) is 0 Å². The summed E-state index contributed by atoms with van der Waals surface area (Å²) in [7, 11) is 0. The van der Waals surface area contributed by atoms with Gasteiger partial charge in [-0.15, -0.1) is 0 Å². The number of benzene rings is 1. The van der Waals surface area contributed by atoms with Gasteiger partial charge in [0.1, 0.15) is 10.2 Å². The third kappa shape index (κ3) is 1.89. The fourth-order valence-corrected chi connectivity index (χ4v) is 2.22. The van der Waals surface area contributed by atoms with Crippen LogP contribution in [0.2, 0.25) is 0 Å². The Labute approximate surface area is 117 Å². The topological polar surface area (TPSA) is 41.8 Å². The second-order valence-electron chi connectivity index (χ2n) is 3.98. The van der Waals surface area contributed by atoms with Crippen LogP contribution in [-0.4, -0.2) is 9.97 Å². The van der Waals surface area contributed by atoms with Gasteiger partial charge in [-0.05, 0) is 35.0 Å². The van der Waals surface area contributed by atoms with E-state index in [1.54, 1.807) is 0 Å². The van der Waals surface area contributed by atoms with E-state index in [4.69, 9.17) is 16.6 Å². The Morgan fingerprint density at radius 3 is 2.83 bits per heavy atom. The van der Waals surface area contributed by atoms with Crippen LogP contribution in [0.1, 0.15) is 5.69 Å². The van der Waals surface area contributed by atoms with Crippen molar-refractivity contribution in [3.63, 3.8) is 0 Å². The highest BCUT2D eigenvalue weighted by molar-refractivity contribution is 9.10. The van der Waals surface area contributed by atoms with Crippen molar-refractivity contribution in [2.45, 2.75) is 6.92 Å². The molecule has 5 heteroatoms. The Morgan fingerprint density at radius 1 is 1.33 bits per heavy atom. The number of rotatable bonds is 1. The summed E-state index contributed by atoms with van der Waals surface area (Å²) in [4.78, 5) is 7.49. The van der Waals surface area contributed by atoms with Crippen LogP contribution in [-0.2, 0) is 0 Å². The minimum atomic E-state index is 0.529. The molecule has 0 bridgehead atoms. The van der Waals surface area contributed by atoms with Crippen molar-refractivity contribution in [2.24, 2.45) is 0 Å². The first-order chi connectivity index (χ1) is 8.65. The summed E-state index contributed by atoms with van der Waals surface area (Å²) in [6.45, 7) is 1.94. The van der Waals surface area contributed by atoms with E-state index >= 15 is 0 Å². The highest BCUT2D eigenvalue weighted by atomic mass is 79.9. The van der Waals surface area contributed by atoms with Crippen molar-refractivity contribution in [3.05, 3.63) is 45.1 Å². The van der Waals surface area contributed by atoms with Crippen LogP contribution < -0.4 is 0 Å². The molecule has 0 atom stereocenters. The maximum atomic E-state index is 5.75. The Hall–Kier alpha value is -1.46. The molecule has 3 nitrogen and oxygen atoms in total. The van der Waals surface area contributed by atoms with Crippen molar-refractivity contribution >= 4 is 39.1 Å². The van der Waals surface area contributed by atoms with E-state index in [0.717, 1.165) is 21.1 Å². The normalized spacial score (nSPS) is 11.0. The Balaban J connectivity index is 2.23. The largest absolute Gasteiger partial charge is 0.453 e. The smallest absolute Gasteiger partial charge is 0.175 e. The van der Waals surface area contributed by atoms with Gasteiger partial charge in [-0.2, -0.15) is 0 Å². The highest BCUT2D eigenvalue weighted by Crippen LogP contribution is 2.26. The average molecular weight is 321 g/mol. The second kappa shape index (κ2) is 4.33. The molecule has 0 unspecified atom stereocenters. The molecule has 0 spiro atoms. The molecular weight excluding hydrogens is 312 g/mol. The number of hydrogen-bond acceptors (Lipinski definition) is 3. The first-order valence-corrected chi connectivity index (χ1v) is 6.60. The van der Waals surface area contributed by atoms with Crippen LogP contribution in [0.3, 0.4) is 0 Å². The molecule has 0 amide bonds. The van der Waals surface area contributed by atoms with E-state index in [0.29, 0.717) is 16.2 Å². The third-order valence-electron chi connectivity index (χ3n) is 2.70. The lowest BCUT2D eigenvalue weighted by Gasteiger charge is -2.01. The predicted octanol–water partition coefficient (Wildman–Crippen LogP) is 4.62. The summed E-state index contributed by atoms with van der Waals surface area (Å²) in [5.74, 6) is 1.34. The number of aromatic nitrogens is 2. The Morgan fingerprint density at radius 2 is 2.11 bits per heavy atom. The van der Waals surface area contributed by atoms with Gasteiger partial charge in [0.05, 0.1) is 4.47 Å². The maximum absolute atomic E-state index is 5.75. The highest BCUT2D eigenvalue weighted by Gasteiger charge is 2.09.